The smallest absolute Gasteiger partial charge is 0.133 e. The first kappa shape index (κ1) is 9.53. The van der Waals surface area contributed by atoms with E-state index in [0.29, 0.717) is 18.1 Å². The Balaban J connectivity index is 2.05. The van der Waals surface area contributed by atoms with Crippen molar-refractivity contribution in [3.63, 3.8) is 0 Å². The quantitative estimate of drug-likeness (QED) is 0.744. The molecule has 0 aliphatic heterocycles. The number of rotatable bonds is 4. The van der Waals surface area contributed by atoms with Gasteiger partial charge in [-0.05, 0) is 30.9 Å². The molecule has 0 saturated heterocycles. The zero-order valence-electron chi connectivity index (χ0n) is 8.44. The Kier molecular flexibility index (Phi) is 2.46. The van der Waals surface area contributed by atoms with Crippen LogP contribution in [0.5, 0.6) is 0 Å². The minimum Gasteiger partial charge on any atom is -0.463 e. The van der Waals surface area contributed by atoms with Crippen molar-refractivity contribution in [2.24, 2.45) is 5.92 Å². The summed E-state index contributed by atoms with van der Waals surface area (Å²) in [7, 11) is 0. The minimum atomic E-state index is -0.532. The van der Waals surface area contributed by atoms with Gasteiger partial charge in [0.1, 0.15) is 17.6 Å². The lowest BCUT2D eigenvalue weighted by atomic mass is 10.2. The standard InChI is InChI=1S/C12H16O2/c1-3-4-10(13)12-6-5-11(14-12)9-7-8(9)2/h3,5-6,8-10,13H,1,4,7H2,2H3. The van der Waals surface area contributed by atoms with Gasteiger partial charge in [0.15, 0.2) is 0 Å². The van der Waals surface area contributed by atoms with E-state index in [1.807, 2.05) is 12.1 Å². The third kappa shape index (κ3) is 1.75. The zero-order chi connectivity index (χ0) is 10.1. The maximum absolute atomic E-state index is 9.64. The van der Waals surface area contributed by atoms with Crippen LogP contribution < -0.4 is 0 Å². The highest BCUT2D eigenvalue weighted by Crippen LogP contribution is 2.47. The summed E-state index contributed by atoms with van der Waals surface area (Å²) in [5, 5.41) is 9.64. The van der Waals surface area contributed by atoms with Gasteiger partial charge in [0.2, 0.25) is 0 Å². The lowest BCUT2D eigenvalue weighted by Gasteiger charge is -2.02. The summed E-state index contributed by atoms with van der Waals surface area (Å²) in [5.74, 6) is 3.01. The van der Waals surface area contributed by atoms with Crippen LogP contribution in [-0.4, -0.2) is 5.11 Å². The molecule has 3 atom stereocenters. The lowest BCUT2D eigenvalue weighted by molar-refractivity contribution is 0.151. The summed E-state index contributed by atoms with van der Waals surface area (Å²) in [6.07, 6.45) is 2.93. The summed E-state index contributed by atoms with van der Waals surface area (Å²) >= 11 is 0. The summed E-state index contributed by atoms with van der Waals surface area (Å²) in [5.41, 5.74) is 0. The Hall–Kier alpha value is -1.02. The van der Waals surface area contributed by atoms with Crippen LogP contribution >= 0.6 is 0 Å². The SMILES string of the molecule is C=CCC(O)c1ccc(C2CC2C)o1. The van der Waals surface area contributed by atoms with E-state index in [0.717, 1.165) is 11.7 Å². The lowest BCUT2D eigenvalue weighted by Crippen LogP contribution is -1.92. The van der Waals surface area contributed by atoms with Gasteiger partial charge in [-0.2, -0.15) is 0 Å². The van der Waals surface area contributed by atoms with Gasteiger partial charge >= 0.3 is 0 Å². The zero-order valence-corrected chi connectivity index (χ0v) is 8.44. The van der Waals surface area contributed by atoms with E-state index in [4.69, 9.17) is 4.42 Å². The monoisotopic (exact) mass is 192 g/mol. The molecule has 1 fully saturated rings. The molecule has 1 aliphatic rings. The van der Waals surface area contributed by atoms with Gasteiger partial charge in [-0.15, -0.1) is 6.58 Å². The molecule has 76 valence electrons. The molecule has 1 N–H and O–H groups in total. The Morgan fingerprint density at radius 1 is 1.71 bits per heavy atom. The van der Waals surface area contributed by atoms with Gasteiger partial charge in [-0.25, -0.2) is 0 Å². The number of aliphatic hydroxyl groups excluding tert-OH is 1. The Bertz CT molecular complexity index is 327. The van der Waals surface area contributed by atoms with E-state index in [1.165, 1.54) is 6.42 Å². The largest absolute Gasteiger partial charge is 0.463 e. The number of hydrogen-bond acceptors (Lipinski definition) is 2. The number of aliphatic hydroxyl groups is 1. The Morgan fingerprint density at radius 2 is 2.43 bits per heavy atom. The predicted molar refractivity (Wildman–Crippen MR) is 55.0 cm³/mol. The summed E-state index contributed by atoms with van der Waals surface area (Å²) < 4.78 is 5.59. The first-order valence-electron chi connectivity index (χ1n) is 5.11. The van der Waals surface area contributed by atoms with Gasteiger partial charge in [-0.3, -0.25) is 0 Å². The second kappa shape index (κ2) is 3.62. The van der Waals surface area contributed by atoms with Gasteiger partial charge in [0, 0.05) is 5.92 Å². The van der Waals surface area contributed by atoms with Crippen LogP contribution in [0, 0.1) is 5.92 Å². The fraction of sp³-hybridized carbons (Fsp3) is 0.500. The van der Waals surface area contributed by atoms with Crippen LogP contribution in [-0.2, 0) is 0 Å². The topological polar surface area (TPSA) is 33.4 Å². The first-order valence-corrected chi connectivity index (χ1v) is 5.11. The highest BCUT2D eigenvalue weighted by Gasteiger charge is 2.36. The summed E-state index contributed by atoms with van der Waals surface area (Å²) in [6.45, 7) is 5.81. The molecular weight excluding hydrogens is 176 g/mol. The van der Waals surface area contributed by atoms with E-state index >= 15 is 0 Å². The molecular formula is C12H16O2. The van der Waals surface area contributed by atoms with Gasteiger partial charge in [0.25, 0.3) is 0 Å². The maximum Gasteiger partial charge on any atom is 0.133 e. The summed E-state index contributed by atoms with van der Waals surface area (Å²) in [4.78, 5) is 0. The van der Waals surface area contributed by atoms with E-state index in [-0.39, 0.29) is 0 Å². The van der Waals surface area contributed by atoms with Crippen molar-refractivity contribution in [3.05, 3.63) is 36.3 Å². The van der Waals surface area contributed by atoms with Gasteiger partial charge in [0.05, 0.1) is 0 Å². The average Bonchev–Trinajstić information content (AvgIpc) is 2.70. The third-order valence-corrected chi connectivity index (χ3v) is 2.84. The van der Waals surface area contributed by atoms with Gasteiger partial charge in [-0.1, -0.05) is 13.0 Å². The van der Waals surface area contributed by atoms with Crippen molar-refractivity contribution in [3.8, 4) is 0 Å². The van der Waals surface area contributed by atoms with Crippen LogP contribution in [0.15, 0.2) is 29.2 Å². The van der Waals surface area contributed by atoms with Crippen molar-refractivity contribution in [2.45, 2.75) is 31.8 Å². The van der Waals surface area contributed by atoms with Crippen molar-refractivity contribution >= 4 is 0 Å². The molecule has 0 amide bonds. The molecule has 14 heavy (non-hydrogen) atoms. The predicted octanol–water partition coefficient (Wildman–Crippen LogP) is 3.01. The van der Waals surface area contributed by atoms with Crippen LogP contribution in [0.4, 0.5) is 0 Å². The van der Waals surface area contributed by atoms with Crippen molar-refractivity contribution in [1.82, 2.24) is 0 Å². The maximum atomic E-state index is 9.64. The molecule has 1 heterocycles. The summed E-state index contributed by atoms with van der Waals surface area (Å²) in [6, 6.07) is 3.85. The first-order chi connectivity index (χ1) is 6.72. The highest BCUT2D eigenvalue weighted by molar-refractivity contribution is 5.18. The van der Waals surface area contributed by atoms with E-state index in [1.54, 1.807) is 6.08 Å². The Labute approximate surface area is 84.2 Å². The molecule has 2 rings (SSSR count). The molecule has 0 radical (unpaired) electrons. The van der Waals surface area contributed by atoms with Crippen LogP contribution in [0.25, 0.3) is 0 Å². The average molecular weight is 192 g/mol. The van der Waals surface area contributed by atoms with Crippen molar-refractivity contribution in [1.29, 1.82) is 0 Å². The minimum absolute atomic E-state index is 0.532. The van der Waals surface area contributed by atoms with E-state index in [2.05, 4.69) is 13.5 Å². The van der Waals surface area contributed by atoms with E-state index in [9.17, 15) is 5.11 Å². The highest BCUT2D eigenvalue weighted by atomic mass is 16.4. The third-order valence-electron chi connectivity index (χ3n) is 2.84. The van der Waals surface area contributed by atoms with Crippen LogP contribution in [0.3, 0.4) is 0 Å². The Morgan fingerprint density at radius 3 is 3.00 bits per heavy atom. The number of hydrogen-bond donors (Lipinski definition) is 1. The molecule has 1 aromatic rings. The molecule has 2 nitrogen and oxygen atoms in total. The molecule has 1 aliphatic carbocycles. The molecule has 3 unspecified atom stereocenters. The fourth-order valence-electron chi connectivity index (χ4n) is 1.74. The van der Waals surface area contributed by atoms with Crippen LogP contribution in [0.2, 0.25) is 0 Å². The molecule has 1 saturated carbocycles. The molecule has 1 aromatic heterocycles. The van der Waals surface area contributed by atoms with Gasteiger partial charge < -0.3 is 9.52 Å². The normalized spacial score (nSPS) is 27.3. The second-order valence-electron chi connectivity index (χ2n) is 4.10. The molecule has 0 bridgehead atoms. The molecule has 0 spiro atoms. The fourth-order valence-corrected chi connectivity index (χ4v) is 1.74. The van der Waals surface area contributed by atoms with E-state index < -0.39 is 6.10 Å². The molecule has 0 aromatic carbocycles. The number of furan rings is 1. The van der Waals surface area contributed by atoms with Crippen molar-refractivity contribution in [2.75, 3.05) is 0 Å². The van der Waals surface area contributed by atoms with Crippen molar-refractivity contribution < 1.29 is 9.52 Å². The second-order valence-corrected chi connectivity index (χ2v) is 4.10. The van der Waals surface area contributed by atoms with Crippen LogP contribution in [0.1, 0.15) is 43.3 Å². The molecule has 2 heteroatoms.